The zero-order chi connectivity index (χ0) is 19.3. The second kappa shape index (κ2) is 8.39. The SMILES string of the molecule is CCNC(=NCc1c(C)nn(C)c1C)NCC(C)(C)c1cccc(C)c1. The Kier molecular flexibility index (Phi) is 6.46. The van der Waals surface area contributed by atoms with E-state index in [1.54, 1.807) is 0 Å². The van der Waals surface area contributed by atoms with Gasteiger partial charge < -0.3 is 10.6 Å². The molecule has 0 radical (unpaired) electrons. The van der Waals surface area contributed by atoms with E-state index in [-0.39, 0.29) is 5.41 Å². The van der Waals surface area contributed by atoms with Crippen LogP contribution in [0.2, 0.25) is 0 Å². The van der Waals surface area contributed by atoms with Crippen LogP contribution < -0.4 is 10.6 Å². The lowest BCUT2D eigenvalue weighted by atomic mass is 9.84. The molecule has 26 heavy (non-hydrogen) atoms. The zero-order valence-corrected chi connectivity index (χ0v) is 17.3. The lowest BCUT2D eigenvalue weighted by Crippen LogP contribution is -2.43. The first-order valence-corrected chi connectivity index (χ1v) is 9.33. The van der Waals surface area contributed by atoms with Gasteiger partial charge >= 0.3 is 0 Å². The summed E-state index contributed by atoms with van der Waals surface area (Å²) in [5, 5.41) is 11.3. The van der Waals surface area contributed by atoms with Crippen molar-refractivity contribution in [2.75, 3.05) is 13.1 Å². The van der Waals surface area contributed by atoms with Gasteiger partial charge in [0.1, 0.15) is 0 Å². The Morgan fingerprint density at radius 2 is 1.92 bits per heavy atom. The molecule has 5 heteroatoms. The third-order valence-corrected chi connectivity index (χ3v) is 4.90. The minimum absolute atomic E-state index is 0.0162. The summed E-state index contributed by atoms with van der Waals surface area (Å²) in [5.74, 6) is 0.843. The Hall–Kier alpha value is -2.30. The molecule has 2 aromatic rings. The monoisotopic (exact) mass is 355 g/mol. The highest BCUT2D eigenvalue weighted by atomic mass is 15.3. The van der Waals surface area contributed by atoms with Crippen LogP contribution in [0.5, 0.6) is 0 Å². The topological polar surface area (TPSA) is 54.2 Å². The summed E-state index contributed by atoms with van der Waals surface area (Å²) in [6, 6.07) is 8.71. The van der Waals surface area contributed by atoms with Gasteiger partial charge in [-0.15, -0.1) is 0 Å². The van der Waals surface area contributed by atoms with Crippen molar-refractivity contribution in [1.82, 2.24) is 20.4 Å². The van der Waals surface area contributed by atoms with Crippen LogP contribution in [-0.2, 0) is 19.0 Å². The van der Waals surface area contributed by atoms with Gasteiger partial charge in [-0.2, -0.15) is 5.10 Å². The van der Waals surface area contributed by atoms with Crippen molar-refractivity contribution in [1.29, 1.82) is 0 Å². The second-order valence-corrected chi connectivity index (χ2v) is 7.58. The predicted molar refractivity (Wildman–Crippen MR) is 110 cm³/mol. The number of hydrogen-bond donors (Lipinski definition) is 2. The molecule has 0 atom stereocenters. The van der Waals surface area contributed by atoms with Crippen molar-refractivity contribution in [3.05, 3.63) is 52.3 Å². The number of hydrogen-bond acceptors (Lipinski definition) is 2. The summed E-state index contributed by atoms with van der Waals surface area (Å²) in [7, 11) is 1.98. The number of benzene rings is 1. The highest BCUT2D eigenvalue weighted by molar-refractivity contribution is 5.79. The molecule has 1 aromatic heterocycles. The van der Waals surface area contributed by atoms with Crippen molar-refractivity contribution in [3.8, 4) is 0 Å². The smallest absolute Gasteiger partial charge is 0.191 e. The Balaban J connectivity index is 2.10. The lowest BCUT2D eigenvalue weighted by Gasteiger charge is -2.27. The number of aryl methyl sites for hydroxylation is 3. The molecule has 0 saturated heterocycles. The summed E-state index contributed by atoms with van der Waals surface area (Å²) in [6.45, 7) is 15.1. The molecule has 0 fully saturated rings. The third kappa shape index (κ3) is 4.87. The highest BCUT2D eigenvalue weighted by Gasteiger charge is 2.21. The summed E-state index contributed by atoms with van der Waals surface area (Å²) in [5.41, 5.74) is 6.05. The van der Waals surface area contributed by atoms with E-state index >= 15 is 0 Å². The average molecular weight is 356 g/mol. The van der Waals surface area contributed by atoms with Crippen LogP contribution in [-0.4, -0.2) is 28.8 Å². The van der Waals surface area contributed by atoms with Crippen LogP contribution in [0.15, 0.2) is 29.3 Å². The molecule has 2 rings (SSSR count). The molecule has 5 nitrogen and oxygen atoms in total. The quantitative estimate of drug-likeness (QED) is 0.617. The fourth-order valence-electron chi connectivity index (χ4n) is 3.02. The van der Waals surface area contributed by atoms with Gasteiger partial charge in [0.15, 0.2) is 5.96 Å². The number of nitrogens with one attached hydrogen (secondary N) is 2. The van der Waals surface area contributed by atoms with Crippen LogP contribution in [0.25, 0.3) is 0 Å². The minimum atomic E-state index is 0.0162. The van der Waals surface area contributed by atoms with Gasteiger partial charge in [0.2, 0.25) is 0 Å². The van der Waals surface area contributed by atoms with Crippen LogP contribution in [0, 0.1) is 20.8 Å². The Bertz CT molecular complexity index is 771. The molecule has 1 heterocycles. The minimum Gasteiger partial charge on any atom is -0.357 e. The summed E-state index contributed by atoms with van der Waals surface area (Å²) < 4.78 is 1.92. The molecule has 0 saturated carbocycles. The molecule has 0 aliphatic heterocycles. The van der Waals surface area contributed by atoms with E-state index < -0.39 is 0 Å². The first kappa shape index (κ1) is 20.0. The van der Waals surface area contributed by atoms with E-state index in [1.807, 2.05) is 18.7 Å². The summed E-state index contributed by atoms with van der Waals surface area (Å²) >= 11 is 0. The van der Waals surface area contributed by atoms with Crippen LogP contribution in [0.3, 0.4) is 0 Å². The van der Waals surface area contributed by atoms with E-state index in [1.165, 1.54) is 22.4 Å². The Morgan fingerprint density at radius 1 is 1.19 bits per heavy atom. The Morgan fingerprint density at radius 3 is 2.50 bits per heavy atom. The van der Waals surface area contributed by atoms with E-state index in [0.717, 1.165) is 24.7 Å². The maximum absolute atomic E-state index is 4.77. The average Bonchev–Trinajstić information content (AvgIpc) is 2.83. The molecule has 1 aromatic carbocycles. The van der Waals surface area contributed by atoms with Crippen molar-refractivity contribution >= 4 is 5.96 Å². The molecular formula is C21H33N5. The van der Waals surface area contributed by atoms with Gasteiger partial charge in [-0.05, 0) is 33.3 Å². The number of nitrogens with zero attached hydrogens (tertiary/aromatic N) is 3. The van der Waals surface area contributed by atoms with Gasteiger partial charge in [-0.1, -0.05) is 43.7 Å². The highest BCUT2D eigenvalue weighted by Crippen LogP contribution is 2.23. The van der Waals surface area contributed by atoms with Crippen molar-refractivity contribution < 1.29 is 0 Å². The molecule has 0 aliphatic rings. The maximum Gasteiger partial charge on any atom is 0.191 e. The van der Waals surface area contributed by atoms with E-state index in [2.05, 4.69) is 74.6 Å². The number of guanidine groups is 1. The normalized spacial score (nSPS) is 12.3. The van der Waals surface area contributed by atoms with Crippen molar-refractivity contribution in [2.24, 2.45) is 12.0 Å². The number of aromatic nitrogens is 2. The number of aliphatic imine (C=N–C) groups is 1. The molecule has 2 N–H and O–H groups in total. The third-order valence-electron chi connectivity index (χ3n) is 4.90. The first-order chi connectivity index (χ1) is 12.2. The molecule has 142 valence electrons. The van der Waals surface area contributed by atoms with Gasteiger partial charge in [-0.3, -0.25) is 4.68 Å². The molecular weight excluding hydrogens is 322 g/mol. The standard InChI is InChI=1S/C21H33N5/c1-8-22-20(23-13-19-16(3)25-26(7)17(19)4)24-14-21(5,6)18-11-9-10-15(2)12-18/h9-12H,8,13-14H2,1-7H3,(H2,22,23,24). The predicted octanol–water partition coefficient (Wildman–Crippen LogP) is 3.38. The van der Waals surface area contributed by atoms with E-state index in [9.17, 15) is 0 Å². The summed E-state index contributed by atoms with van der Waals surface area (Å²) in [4.78, 5) is 4.77. The van der Waals surface area contributed by atoms with Crippen LogP contribution >= 0.6 is 0 Å². The molecule has 0 aliphatic carbocycles. The molecule has 0 amide bonds. The van der Waals surface area contributed by atoms with Gasteiger partial charge in [0, 0.05) is 36.8 Å². The first-order valence-electron chi connectivity index (χ1n) is 9.33. The fraction of sp³-hybridized carbons (Fsp3) is 0.524. The van der Waals surface area contributed by atoms with Crippen molar-refractivity contribution in [3.63, 3.8) is 0 Å². The fourth-order valence-corrected chi connectivity index (χ4v) is 3.02. The number of rotatable bonds is 6. The second-order valence-electron chi connectivity index (χ2n) is 7.58. The lowest BCUT2D eigenvalue weighted by molar-refractivity contribution is 0.508. The molecule has 0 spiro atoms. The van der Waals surface area contributed by atoms with Gasteiger partial charge in [0.05, 0.1) is 12.2 Å². The van der Waals surface area contributed by atoms with Gasteiger partial charge in [0.25, 0.3) is 0 Å². The molecule has 0 bridgehead atoms. The Labute approximate surface area is 157 Å². The van der Waals surface area contributed by atoms with E-state index in [4.69, 9.17) is 4.99 Å². The van der Waals surface area contributed by atoms with Gasteiger partial charge in [-0.25, -0.2) is 4.99 Å². The van der Waals surface area contributed by atoms with E-state index in [0.29, 0.717) is 6.54 Å². The molecule has 0 unspecified atom stereocenters. The maximum atomic E-state index is 4.77. The van der Waals surface area contributed by atoms with Crippen LogP contribution in [0.4, 0.5) is 0 Å². The zero-order valence-electron chi connectivity index (χ0n) is 17.3. The largest absolute Gasteiger partial charge is 0.357 e. The van der Waals surface area contributed by atoms with Crippen LogP contribution in [0.1, 0.15) is 48.8 Å². The van der Waals surface area contributed by atoms with Crippen molar-refractivity contribution in [2.45, 2.75) is 53.5 Å². The summed E-state index contributed by atoms with van der Waals surface area (Å²) in [6.07, 6.45) is 0.